The minimum absolute atomic E-state index is 0.760. The third-order valence-electron chi connectivity index (χ3n) is 4.95. The first-order valence-corrected chi connectivity index (χ1v) is 9.40. The van der Waals surface area contributed by atoms with Gasteiger partial charge in [-0.2, -0.15) is 5.10 Å². The molecule has 0 atom stereocenters. The molecule has 4 rings (SSSR count). The number of hydrogen-bond acceptors (Lipinski definition) is 5. The quantitative estimate of drug-likeness (QED) is 0.754. The summed E-state index contributed by atoms with van der Waals surface area (Å²) < 4.78 is 5.53. The normalized spacial score (nSPS) is 15.5. The number of nitrogens with zero attached hydrogens (tertiary/aromatic N) is 4. The van der Waals surface area contributed by atoms with Gasteiger partial charge in [0.15, 0.2) is 5.82 Å². The summed E-state index contributed by atoms with van der Waals surface area (Å²) in [7, 11) is 1.73. The number of benzene rings is 2. The van der Waals surface area contributed by atoms with Crippen molar-refractivity contribution in [2.45, 2.75) is 13.0 Å². The molecular formula is C21H25N5O. The molecule has 0 aliphatic carbocycles. The largest absolute Gasteiger partial charge is 0.495 e. The summed E-state index contributed by atoms with van der Waals surface area (Å²) in [6.07, 6.45) is 1.11. The number of hydrogen-bond donors (Lipinski definition) is 1. The van der Waals surface area contributed by atoms with Crippen LogP contribution < -0.4 is 9.64 Å². The molecule has 0 unspecified atom stereocenters. The van der Waals surface area contributed by atoms with Crippen LogP contribution in [0.1, 0.15) is 12.2 Å². The van der Waals surface area contributed by atoms with E-state index in [-0.39, 0.29) is 0 Å². The molecule has 1 aromatic heterocycles. The van der Waals surface area contributed by atoms with Crippen molar-refractivity contribution in [3.63, 3.8) is 0 Å². The molecule has 2 aromatic carbocycles. The first-order chi connectivity index (χ1) is 13.3. The van der Waals surface area contributed by atoms with Gasteiger partial charge in [-0.3, -0.25) is 10.00 Å². The topological polar surface area (TPSA) is 57.3 Å². The maximum absolute atomic E-state index is 5.53. The van der Waals surface area contributed by atoms with Crippen LogP contribution in [0.2, 0.25) is 0 Å². The number of ether oxygens (including phenoxy) is 1. The van der Waals surface area contributed by atoms with Crippen molar-refractivity contribution in [3.05, 3.63) is 60.4 Å². The summed E-state index contributed by atoms with van der Waals surface area (Å²) >= 11 is 0. The van der Waals surface area contributed by atoms with Crippen molar-refractivity contribution in [2.24, 2.45) is 0 Å². The van der Waals surface area contributed by atoms with Crippen LogP contribution in [0.15, 0.2) is 54.6 Å². The van der Waals surface area contributed by atoms with Gasteiger partial charge < -0.3 is 9.64 Å². The summed E-state index contributed by atoms with van der Waals surface area (Å²) in [5, 5.41) is 7.47. The Labute approximate surface area is 159 Å². The van der Waals surface area contributed by atoms with Crippen molar-refractivity contribution < 1.29 is 4.74 Å². The Morgan fingerprint density at radius 3 is 2.63 bits per heavy atom. The predicted octanol–water partition coefficient (Wildman–Crippen LogP) is 3.19. The van der Waals surface area contributed by atoms with Gasteiger partial charge >= 0.3 is 0 Å². The fourth-order valence-electron chi connectivity index (χ4n) is 3.56. The summed E-state index contributed by atoms with van der Waals surface area (Å²) in [4.78, 5) is 9.51. The number of para-hydroxylation sites is 2. The number of aromatic amines is 1. The van der Waals surface area contributed by atoms with Crippen LogP contribution in [0, 0.1) is 0 Å². The van der Waals surface area contributed by atoms with Crippen molar-refractivity contribution in [2.75, 3.05) is 38.2 Å². The van der Waals surface area contributed by atoms with Gasteiger partial charge in [0.25, 0.3) is 0 Å². The fraction of sp³-hybridized carbons (Fsp3) is 0.333. The molecule has 1 N–H and O–H groups in total. The van der Waals surface area contributed by atoms with E-state index in [4.69, 9.17) is 4.74 Å². The molecule has 6 nitrogen and oxygen atoms in total. The highest BCUT2D eigenvalue weighted by atomic mass is 16.5. The zero-order chi connectivity index (χ0) is 18.5. The van der Waals surface area contributed by atoms with Gasteiger partial charge in [-0.15, -0.1) is 0 Å². The summed E-state index contributed by atoms with van der Waals surface area (Å²) in [6, 6.07) is 18.3. The number of aromatic nitrogens is 3. The van der Waals surface area contributed by atoms with Crippen molar-refractivity contribution in [3.8, 4) is 17.1 Å². The van der Waals surface area contributed by atoms with Crippen molar-refractivity contribution in [1.29, 1.82) is 0 Å². The van der Waals surface area contributed by atoms with E-state index in [2.05, 4.69) is 37.1 Å². The molecule has 140 valence electrons. The molecule has 1 aliphatic rings. The van der Waals surface area contributed by atoms with Gasteiger partial charge in [0.1, 0.15) is 11.6 Å². The van der Waals surface area contributed by atoms with E-state index in [9.17, 15) is 0 Å². The van der Waals surface area contributed by atoms with Gasteiger partial charge in [0, 0.05) is 31.7 Å². The van der Waals surface area contributed by atoms with Gasteiger partial charge in [0.05, 0.1) is 19.3 Å². The maximum Gasteiger partial charge on any atom is 0.181 e. The second-order valence-electron chi connectivity index (χ2n) is 6.76. The molecule has 0 radical (unpaired) electrons. The molecule has 0 spiro atoms. The van der Waals surface area contributed by atoms with E-state index in [1.165, 1.54) is 5.69 Å². The summed E-state index contributed by atoms with van der Waals surface area (Å²) in [6.45, 7) is 4.83. The minimum Gasteiger partial charge on any atom is -0.495 e. The molecule has 0 bridgehead atoms. The molecule has 0 saturated carbocycles. The van der Waals surface area contributed by atoms with Crippen LogP contribution in [0.3, 0.4) is 0 Å². The third-order valence-corrected chi connectivity index (χ3v) is 4.95. The van der Waals surface area contributed by atoms with Crippen LogP contribution in [0.5, 0.6) is 5.75 Å². The number of anilines is 1. The first-order valence-electron chi connectivity index (χ1n) is 9.40. The molecule has 3 aromatic rings. The Morgan fingerprint density at radius 2 is 1.78 bits per heavy atom. The van der Waals surface area contributed by atoms with Gasteiger partial charge in [-0.1, -0.05) is 42.5 Å². The lowest BCUT2D eigenvalue weighted by atomic mass is 10.2. The maximum atomic E-state index is 5.53. The zero-order valence-corrected chi connectivity index (χ0v) is 15.6. The van der Waals surface area contributed by atoms with Crippen LogP contribution >= 0.6 is 0 Å². The summed E-state index contributed by atoms with van der Waals surface area (Å²) in [5.74, 6) is 2.62. The summed E-state index contributed by atoms with van der Waals surface area (Å²) in [5.41, 5.74) is 2.21. The molecule has 1 aliphatic heterocycles. The Morgan fingerprint density at radius 1 is 0.963 bits per heavy atom. The van der Waals surface area contributed by atoms with Crippen molar-refractivity contribution in [1.82, 2.24) is 20.1 Å². The average Bonchev–Trinajstić information content (AvgIpc) is 3.07. The van der Waals surface area contributed by atoms with Crippen LogP contribution in [0.4, 0.5) is 5.69 Å². The van der Waals surface area contributed by atoms with Gasteiger partial charge in [0.2, 0.25) is 0 Å². The number of H-pyrrole nitrogens is 1. The second-order valence-corrected chi connectivity index (χ2v) is 6.76. The van der Waals surface area contributed by atoms with E-state index in [1.807, 2.05) is 42.5 Å². The number of methoxy groups -OCH3 is 1. The predicted molar refractivity (Wildman–Crippen MR) is 107 cm³/mol. The van der Waals surface area contributed by atoms with E-state index in [0.717, 1.165) is 62.1 Å². The Kier molecular flexibility index (Phi) is 5.34. The number of rotatable bonds is 5. The van der Waals surface area contributed by atoms with Crippen LogP contribution in [-0.4, -0.2) is 53.4 Å². The lowest BCUT2D eigenvalue weighted by Crippen LogP contribution is -2.31. The van der Waals surface area contributed by atoms with Gasteiger partial charge in [-0.05, 0) is 18.6 Å². The molecule has 2 heterocycles. The third kappa shape index (κ3) is 4.11. The second kappa shape index (κ2) is 8.22. The molecular weight excluding hydrogens is 338 g/mol. The Bertz CT molecular complexity index is 864. The number of nitrogens with one attached hydrogen (secondary N) is 1. The van der Waals surface area contributed by atoms with E-state index in [1.54, 1.807) is 7.11 Å². The average molecular weight is 363 g/mol. The van der Waals surface area contributed by atoms with Gasteiger partial charge in [-0.25, -0.2) is 4.98 Å². The SMILES string of the molecule is COc1ccccc1N1CCCN(Cc2nc(-c3ccccc3)n[nH]2)CC1. The first kappa shape index (κ1) is 17.5. The Hall–Kier alpha value is -2.86. The Balaban J connectivity index is 1.40. The van der Waals surface area contributed by atoms with Crippen molar-refractivity contribution >= 4 is 5.69 Å². The van der Waals surface area contributed by atoms with E-state index < -0.39 is 0 Å². The van der Waals surface area contributed by atoms with Crippen LogP contribution in [-0.2, 0) is 6.54 Å². The van der Waals surface area contributed by atoms with E-state index in [0.29, 0.717) is 0 Å². The zero-order valence-electron chi connectivity index (χ0n) is 15.6. The molecule has 27 heavy (non-hydrogen) atoms. The lowest BCUT2D eigenvalue weighted by molar-refractivity contribution is 0.278. The lowest BCUT2D eigenvalue weighted by Gasteiger charge is -2.25. The highest BCUT2D eigenvalue weighted by Crippen LogP contribution is 2.28. The smallest absolute Gasteiger partial charge is 0.181 e. The highest BCUT2D eigenvalue weighted by molar-refractivity contribution is 5.58. The monoisotopic (exact) mass is 363 g/mol. The molecule has 0 amide bonds. The van der Waals surface area contributed by atoms with E-state index >= 15 is 0 Å². The highest BCUT2D eigenvalue weighted by Gasteiger charge is 2.18. The standard InChI is InChI=1S/C21H25N5O/c1-27-19-11-6-5-10-18(19)26-13-7-12-25(14-15-26)16-20-22-21(24-23-20)17-8-3-2-4-9-17/h2-6,8-11H,7,12-16H2,1H3,(H,22,23,24). The molecule has 1 saturated heterocycles. The molecule has 1 fully saturated rings. The fourth-order valence-corrected chi connectivity index (χ4v) is 3.56. The van der Waals surface area contributed by atoms with Crippen LogP contribution in [0.25, 0.3) is 11.4 Å². The molecule has 6 heteroatoms. The minimum atomic E-state index is 0.760.